The van der Waals surface area contributed by atoms with Crippen molar-refractivity contribution in [3.8, 4) is 5.75 Å². The van der Waals surface area contributed by atoms with Gasteiger partial charge in [-0.1, -0.05) is 46.1 Å². The summed E-state index contributed by atoms with van der Waals surface area (Å²) >= 11 is 21.1. The highest BCUT2D eigenvalue weighted by Crippen LogP contribution is 2.69. The molecule has 0 spiro atoms. The maximum absolute atomic E-state index is 13.5. The molecular formula is C29H22Cl3N3O7S2. The second kappa shape index (κ2) is 11.1. The van der Waals surface area contributed by atoms with Gasteiger partial charge in [-0.15, -0.1) is 11.8 Å². The molecule has 1 aromatic heterocycles. The largest absolute Gasteiger partial charge is 0.483 e. The molecule has 2 aliphatic heterocycles. The lowest BCUT2D eigenvalue weighted by molar-refractivity contribution is -0.149. The number of carbonyl (C=O) groups is 4. The number of likely N-dealkylation sites (tertiary alicyclic amines) is 1. The smallest absolute Gasteiger partial charge is 0.323 e. The molecule has 3 heterocycles. The van der Waals surface area contributed by atoms with Crippen LogP contribution < -0.4 is 14.9 Å². The minimum absolute atomic E-state index is 0.115. The zero-order valence-electron chi connectivity index (χ0n) is 22.4. The summed E-state index contributed by atoms with van der Waals surface area (Å²) in [5, 5.41) is 13.7. The van der Waals surface area contributed by atoms with E-state index in [4.69, 9.17) is 39.5 Å². The van der Waals surface area contributed by atoms with Gasteiger partial charge in [0, 0.05) is 32.3 Å². The maximum atomic E-state index is 13.5. The van der Waals surface area contributed by atoms with Crippen LogP contribution in [-0.4, -0.2) is 57.1 Å². The van der Waals surface area contributed by atoms with Crippen molar-refractivity contribution >= 4 is 87.3 Å². The monoisotopic (exact) mass is 693 g/mol. The van der Waals surface area contributed by atoms with Crippen LogP contribution in [0.25, 0.3) is 0 Å². The third-order valence-corrected chi connectivity index (χ3v) is 12.5. The third kappa shape index (κ3) is 4.82. The van der Waals surface area contributed by atoms with Gasteiger partial charge in [0.05, 0.1) is 26.9 Å². The Morgan fingerprint density at radius 3 is 2.50 bits per heavy atom. The first-order valence-corrected chi connectivity index (χ1v) is 16.5. The number of carbonyl (C=O) groups excluding carboxylic acids is 3. The molecule has 2 bridgehead atoms. The molecule has 44 heavy (non-hydrogen) atoms. The Morgan fingerprint density at radius 2 is 1.77 bits per heavy atom. The molecule has 3 N–H and O–H groups in total. The Labute approximate surface area is 273 Å². The van der Waals surface area contributed by atoms with Crippen LogP contribution in [-0.2, 0) is 19.2 Å². The number of anilines is 1. The number of benzene rings is 2. The summed E-state index contributed by atoms with van der Waals surface area (Å²) in [6, 6.07) is 9.78. The van der Waals surface area contributed by atoms with Crippen LogP contribution >= 0.6 is 57.9 Å². The van der Waals surface area contributed by atoms with Crippen molar-refractivity contribution in [1.82, 2.24) is 9.88 Å². The summed E-state index contributed by atoms with van der Waals surface area (Å²) in [5.41, 5.74) is 1.11. The topological polar surface area (TPSA) is 146 Å². The van der Waals surface area contributed by atoms with Gasteiger partial charge in [-0.05, 0) is 60.6 Å². The van der Waals surface area contributed by atoms with Crippen molar-refractivity contribution in [2.45, 2.75) is 22.6 Å². The van der Waals surface area contributed by atoms with Crippen molar-refractivity contribution < 1.29 is 29.0 Å². The van der Waals surface area contributed by atoms with Crippen molar-refractivity contribution in [2.24, 2.45) is 29.6 Å². The Bertz CT molecular complexity index is 1810. The van der Waals surface area contributed by atoms with E-state index >= 15 is 0 Å². The molecule has 3 aromatic rings. The molecule has 1 saturated heterocycles. The number of aliphatic carboxylic acids is 1. The molecule has 2 saturated carbocycles. The van der Waals surface area contributed by atoms with E-state index in [-0.39, 0.29) is 39.5 Å². The SMILES string of the molecule is O=C(O)CN1C(=O)C2C3CC(C2C1=O)C1C3Sc2[nH]c(=O)sc2[C@@H]1c1cc(Cl)ccc1OCC(=O)Nc1ccc(Cl)c(Cl)c1. The van der Waals surface area contributed by atoms with Crippen molar-refractivity contribution in [3.05, 3.63) is 71.6 Å². The van der Waals surface area contributed by atoms with Crippen LogP contribution in [0.15, 0.2) is 46.2 Å². The summed E-state index contributed by atoms with van der Waals surface area (Å²) in [4.78, 5) is 68.0. The molecule has 0 radical (unpaired) electrons. The number of aromatic amines is 1. The van der Waals surface area contributed by atoms with E-state index in [2.05, 4.69) is 10.3 Å². The maximum Gasteiger partial charge on any atom is 0.323 e. The Balaban J connectivity index is 1.22. The number of carboxylic acids is 1. The number of hydrogen-bond donors (Lipinski definition) is 3. The van der Waals surface area contributed by atoms with E-state index in [0.29, 0.717) is 38.5 Å². The number of nitrogens with one attached hydrogen (secondary N) is 2. The molecule has 7 atom stereocenters. The number of hydrogen-bond acceptors (Lipinski definition) is 8. The summed E-state index contributed by atoms with van der Waals surface area (Å²) in [5.74, 6) is -4.38. The Kier molecular flexibility index (Phi) is 7.48. The van der Waals surface area contributed by atoms with Crippen LogP contribution in [0.2, 0.25) is 15.1 Å². The molecule has 4 aliphatic rings. The van der Waals surface area contributed by atoms with Gasteiger partial charge in [0.1, 0.15) is 12.3 Å². The summed E-state index contributed by atoms with van der Waals surface area (Å²) in [7, 11) is 0. The Morgan fingerprint density at radius 1 is 1.02 bits per heavy atom. The predicted molar refractivity (Wildman–Crippen MR) is 165 cm³/mol. The first kappa shape index (κ1) is 29.7. The van der Waals surface area contributed by atoms with Crippen molar-refractivity contribution in [3.63, 3.8) is 0 Å². The van der Waals surface area contributed by atoms with E-state index in [0.717, 1.165) is 21.1 Å². The van der Waals surface area contributed by atoms with Crippen LogP contribution in [0.5, 0.6) is 5.75 Å². The van der Waals surface area contributed by atoms with Crippen LogP contribution in [0.3, 0.4) is 0 Å². The normalized spacial score (nSPS) is 28.1. The number of nitrogens with zero attached hydrogens (tertiary/aromatic N) is 1. The quantitative estimate of drug-likeness (QED) is 0.294. The van der Waals surface area contributed by atoms with Gasteiger partial charge in [-0.25, -0.2) is 0 Å². The summed E-state index contributed by atoms with van der Waals surface area (Å²) < 4.78 is 6.05. The summed E-state index contributed by atoms with van der Waals surface area (Å²) in [6.45, 7) is -0.998. The molecule has 2 aromatic carbocycles. The lowest BCUT2D eigenvalue weighted by Crippen LogP contribution is -2.42. The zero-order valence-corrected chi connectivity index (χ0v) is 26.3. The van der Waals surface area contributed by atoms with Gasteiger partial charge in [-0.2, -0.15) is 0 Å². The van der Waals surface area contributed by atoms with Gasteiger partial charge >= 0.3 is 10.8 Å². The highest BCUT2D eigenvalue weighted by atomic mass is 35.5. The number of carboxylic acid groups (broad SMARTS) is 1. The summed E-state index contributed by atoms with van der Waals surface area (Å²) in [6.07, 6.45) is 0.633. The third-order valence-electron chi connectivity index (χ3n) is 8.98. The van der Waals surface area contributed by atoms with E-state index in [1.54, 1.807) is 30.3 Å². The van der Waals surface area contributed by atoms with E-state index in [9.17, 15) is 29.1 Å². The van der Waals surface area contributed by atoms with Gasteiger partial charge in [0.2, 0.25) is 11.8 Å². The minimum Gasteiger partial charge on any atom is -0.483 e. The highest BCUT2D eigenvalue weighted by molar-refractivity contribution is 8.00. The van der Waals surface area contributed by atoms with Gasteiger partial charge < -0.3 is 20.1 Å². The molecule has 10 nitrogen and oxygen atoms in total. The fourth-order valence-electron chi connectivity index (χ4n) is 7.53. The lowest BCUT2D eigenvalue weighted by atomic mass is 9.68. The number of halogens is 3. The van der Waals surface area contributed by atoms with Crippen molar-refractivity contribution in [1.29, 1.82) is 0 Å². The van der Waals surface area contributed by atoms with Gasteiger partial charge in [0.15, 0.2) is 6.61 Å². The average molecular weight is 695 g/mol. The number of imide groups is 1. The average Bonchev–Trinajstić information content (AvgIpc) is 3.70. The molecule has 3 amide bonds. The molecule has 3 fully saturated rings. The number of fused-ring (bicyclic) bond motifs is 9. The van der Waals surface area contributed by atoms with Gasteiger partial charge in [0.25, 0.3) is 5.91 Å². The Hall–Kier alpha value is -3.03. The predicted octanol–water partition coefficient (Wildman–Crippen LogP) is 4.97. The number of aromatic nitrogens is 1. The molecule has 2 aliphatic carbocycles. The standard InChI is InChI=1S/C29H22Cl3N3O7S2/c30-10-1-4-17(42-9-18(36)33-11-2-3-15(31)16(32)6-11)12(5-10)20-21-13-7-14(24(21)43-26-25(20)44-29(41)34-26)23-22(13)27(39)35(28(23)40)8-19(37)38/h1-6,13-14,20-24H,7-9H2,(H,33,36)(H,34,41)(H,37,38)/t13?,14?,20-,21?,22?,23?,24?/m1/s1. The van der Waals surface area contributed by atoms with Crippen LogP contribution in [0.4, 0.5) is 5.69 Å². The second-order valence-corrected chi connectivity index (χ2v) is 14.7. The zero-order chi connectivity index (χ0) is 31.0. The van der Waals surface area contributed by atoms with Gasteiger partial charge in [-0.3, -0.25) is 28.9 Å². The van der Waals surface area contributed by atoms with Crippen LogP contribution in [0.1, 0.15) is 22.8 Å². The molecular weight excluding hydrogens is 673 g/mol. The fraction of sp³-hybridized carbons (Fsp3) is 0.345. The number of thioether (sulfide) groups is 1. The number of amides is 3. The van der Waals surface area contributed by atoms with E-state index < -0.39 is 48.0 Å². The fourth-order valence-corrected chi connectivity index (χ4v) is 10.9. The second-order valence-electron chi connectivity index (χ2n) is 11.3. The minimum atomic E-state index is -1.24. The van der Waals surface area contributed by atoms with E-state index in [1.807, 2.05) is 0 Å². The molecule has 6 unspecified atom stereocenters. The highest BCUT2D eigenvalue weighted by Gasteiger charge is 2.69. The van der Waals surface area contributed by atoms with Crippen LogP contribution in [0, 0.1) is 29.6 Å². The molecule has 228 valence electrons. The molecule has 7 rings (SSSR count). The number of thiazole rings is 1. The first-order valence-electron chi connectivity index (χ1n) is 13.7. The molecule has 15 heteroatoms. The lowest BCUT2D eigenvalue weighted by Gasteiger charge is -2.43. The number of H-pyrrole nitrogens is 1. The number of ether oxygens (including phenoxy) is 1. The van der Waals surface area contributed by atoms with E-state index in [1.165, 1.54) is 17.8 Å². The van der Waals surface area contributed by atoms with Crippen molar-refractivity contribution in [2.75, 3.05) is 18.5 Å². The number of rotatable bonds is 7. The first-order chi connectivity index (χ1) is 21.0.